The number of aryl methyl sites for hydroxylation is 1. The van der Waals surface area contributed by atoms with E-state index in [-0.39, 0.29) is 0 Å². The van der Waals surface area contributed by atoms with E-state index in [4.69, 9.17) is 16.3 Å². The number of halogens is 1. The summed E-state index contributed by atoms with van der Waals surface area (Å²) in [5.41, 5.74) is 3.90. The maximum absolute atomic E-state index is 6.17. The number of fused-ring (bicyclic) bond motifs is 2. The molecule has 2 aliphatic rings. The Kier molecular flexibility index (Phi) is 3.12. The highest BCUT2D eigenvalue weighted by Gasteiger charge is 2.23. The van der Waals surface area contributed by atoms with Crippen LogP contribution in [0.15, 0.2) is 24.3 Å². The van der Waals surface area contributed by atoms with Crippen molar-refractivity contribution in [1.29, 1.82) is 0 Å². The highest BCUT2D eigenvalue weighted by atomic mass is 35.5. The van der Waals surface area contributed by atoms with Gasteiger partial charge in [0.05, 0.1) is 17.0 Å². The van der Waals surface area contributed by atoms with Gasteiger partial charge >= 0.3 is 0 Å². The molecule has 1 aliphatic carbocycles. The van der Waals surface area contributed by atoms with Crippen LogP contribution < -0.4 is 10.1 Å². The van der Waals surface area contributed by atoms with Crippen molar-refractivity contribution in [2.75, 3.05) is 11.9 Å². The molecule has 1 aliphatic heterocycles. The predicted molar refractivity (Wildman–Crippen MR) is 84.3 cm³/mol. The van der Waals surface area contributed by atoms with Gasteiger partial charge in [-0.1, -0.05) is 11.6 Å². The first-order valence-corrected chi connectivity index (χ1v) is 8.29. The molecule has 0 bridgehead atoms. The van der Waals surface area contributed by atoms with Crippen molar-refractivity contribution in [2.45, 2.75) is 31.7 Å². The second-order valence-electron chi connectivity index (χ2n) is 5.44. The van der Waals surface area contributed by atoms with Crippen molar-refractivity contribution < 1.29 is 4.74 Å². The fraction of sp³-hybridized carbons (Fsp3) is 0.375. The fourth-order valence-corrected chi connectivity index (χ4v) is 4.53. The van der Waals surface area contributed by atoms with E-state index >= 15 is 0 Å². The SMILES string of the molecule is Clc1cc2c(s1)CCCC2Nc1ccc2c(c1)CCO2. The largest absolute Gasteiger partial charge is 0.493 e. The molecule has 1 aromatic heterocycles. The molecule has 104 valence electrons. The summed E-state index contributed by atoms with van der Waals surface area (Å²) >= 11 is 7.90. The van der Waals surface area contributed by atoms with Crippen LogP contribution in [-0.2, 0) is 12.8 Å². The smallest absolute Gasteiger partial charge is 0.122 e. The number of nitrogens with one attached hydrogen (secondary N) is 1. The van der Waals surface area contributed by atoms with E-state index in [9.17, 15) is 0 Å². The maximum Gasteiger partial charge on any atom is 0.122 e. The summed E-state index contributed by atoms with van der Waals surface area (Å²) in [6.45, 7) is 0.812. The standard InChI is InChI=1S/C16H16ClNOS/c17-16-9-12-13(2-1-3-15(12)20-16)18-11-4-5-14-10(8-11)6-7-19-14/h4-5,8-9,13,18H,1-3,6-7H2. The van der Waals surface area contributed by atoms with E-state index in [1.807, 2.05) is 0 Å². The van der Waals surface area contributed by atoms with Crippen LogP contribution in [-0.4, -0.2) is 6.61 Å². The normalized spacial score (nSPS) is 20.1. The molecular weight excluding hydrogens is 290 g/mol. The second kappa shape index (κ2) is 4.97. The first-order valence-electron chi connectivity index (χ1n) is 7.10. The Balaban J connectivity index is 1.60. The number of hydrogen-bond acceptors (Lipinski definition) is 3. The van der Waals surface area contributed by atoms with E-state index in [0.29, 0.717) is 6.04 Å². The predicted octanol–water partition coefficient (Wildman–Crippen LogP) is 4.83. The molecular formula is C16H16ClNOS. The molecule has 0 fully saturated rings. The van der Waals surface area contributed by atoms with E-state index < -0.39 is 0 Å². The lowest BCUT2D eigenvalue weighted by Gasteiger charge is -2.24. The molecule has 2 nitrogen and oxygen atoms in total. The summed E-state index contributed by atoms with van der Waals surface area (Å²) in [6, 6.07) is 8.95. The number of ether oxygens (including phenoxy) is 1. The van der Waals surface area contributed by atoms with Crippen molar-refractivity contribution in [3.8, 4) is 5.75 Å². The average Bonchev–Trinajstić information content (AvgIpc) is 3.04. The van der Waals surface area contributed by atoms with Crippen LogP contribution in [0, 0.1) is 0 Å². The Bertz CT molecular complexity index is 652. The van der Waals surface area contributed by atoms with Gasteiger partial charge in [-0.15, -0.1) is 11.3 Å². The molecule has 20 heavy (non-hydrogen) atoms. The molecule has 1 aromatic carbocycles. The van der Waals surface area contributed by atoms with Gasteiger partial charge in [-0.25, -0.2) is 0 Å². The van der Waals surface area contributed by atoms with Gasteiger partial charge in [0.25, 0.3) is 0 Å². The lowest BCUT2D eigenvalue weighted by molar-refractivity contribution is 0.357. The maximum atomic E-state index is 6.17. The quantitative estimate of drug-likeness (QED) is 0.858. The molecule has 2 aromatic rings. The minimum absolute atomic E-state index is 0.392. The Labute approximate surface area is 127 Å². The van der Waals surface area contributed by atoms with Crippen LogP contribution in [0.3, 0.4) is 0 Å². The molecule has 0 saturated carbocycles. The van der Waals surface area contributed by atoms with Gasteiger partial charge in [0.2, 0.25) is 0 Å². The highest BCUT2D eigenvalue weighted by Crippen LogP contribution is 2.40. The fourth-order valence-electron chi connectivity index (χ4n) is 3.15. The Hall–Kier alpha value is -1.19. The van der Waals surface area contributed by atoms with Crippen LogP contribution in [0.2, 0.25) is 4.34 Å². The van der Waals surface area contributed by atoms with E-state index in [2.05, 4.69) is 29.6 Å². The number of hydrogen-bond donors (Lipinski definition) is 1. The molecule has 2 heterocycles. The van der Waals surface area contributed by atoms with Crippen LogP contribution in [0.5, 0.6) is 5.75 Å². The Morgan fingerprint density at radius 1 is 1.25 bits per heavy atom. The summed E-state index contributed by atoms with van der Waals surface area (Å²) in [4.78, 5) is 1.45. The van der Waals surface area contributed by atoms with Crippen LogP contribution in [0.4, 0.5) is 5.69 Å². The van der Waals surface area contributed by atoms with E-state index in [0.717, 1.165) is 23.1 Å². The van der Waals surface area contributed by atoms with E-state index in [1.165, 1.54) is 41.0 Å². The second-order valence-corrected chi connectivity index (χ2v) is 7.21. The molecule has 0 saturated heterocycles. The van der Waals surface area contributed by atoms with Crippen LogP contribution in [0.1, 0.15) is 34.9 Å². The molecule has 0 radical (unpaired) electrons. The summed E-state index contributed by atoms with van der Waals surface area (Å²) in [5.74, 6) is 1.04. The minimum Gasteiger partial charge on any atom is -0.493 e. The van der Waals surface area contributed by atoms with Crippen molar-refractivity contribution in [1.82, 2.24) is 0 Å². The number of anilines is 1. The molecule has 0 amide bonds. The van der Waals surface area contributed by atoms with Gasteiger partial charge in [0, 0.05) is 17.0 Å². The monoisotopic (exact) mass is 305 g/mol. The molecule has 1 unspecified atom stereocenters. The molecule has 4 rings (SSSR count). The van der Waals surface area contributed by atoms with Crippen LogP contribution >= 0.6 is 22.9 Å². The van der Waals surface area contributed by atoms with Gasteiger partial charge in [0.1, 0.15) is 5.75 Å². The van der Waals surface area contributed by atoms with Crippen molar-refractivity contribution >= 4 is 28.6 Å². The third-order valence-electron chi connectivity index (χ3n) is 4.11. The van der Waals surface area contributed by atoms with Gasteiger partial charge in [-0.05, 0) is 54.7 Å². The number of rotatable bonds is 2. The minimum atomic E-state index is 0.392. The zero-order valence-corrected chi connectivity index (χ0v) is 12.7. The molecule has 4 heteroatoms. The molecule has 1 atom stereocenters. The zero-order chi connectivity index (χ0) is 13.5. The number of thiophene rings is 1. The van der Waals surface area contributed by atoms with E-state index in [1.54, 1.807) is 11.3 Å². The van der Waals surface area contributed by atoms with Gasteiger partial charge in [-0.3, -0.25) is 0 Å². The summed E-state index contributed by atoms with van der Waals surface area (Å²) < 4.78 is 6.47. The first-order chi connectivity index (χ1) is 9.79. The lowest BCUT2D eigenvalue weighted by Crippen LogP contribution is -2.15. The van der Waals surface area contributed by atoms with Gasteiger partial charge in [-0.2, -0.15) is 0 Å². The molecule has 1 N–H and O–H groups in total. The van der Waals surface area contributed by atoms with Crippen LogP contribution in [0.25, 0.3) is 0 Å². The van der Waals surface area contributed by atoms with Gasteiger partial charge in [0.15, 0.2) is 0 Å². The lowest BCUT2D eigenvalue weighted by atomic mass is 9.93. The highest BCUT2D eigenvalue weighted by molar-refractivity contribution is 7.16. The van der Waals surface area contributed by atoms with Crippen molar-refractivity contribution in [3.63, 3.8) is 0 Å². The first kappa shape index (κ1) is 12.5. The topological polar surface area (TPSA) is 21.3 Å². The third-order valence-corrected chi connectivity index (χ3v) is 5.45. The van der Waals surface area contributed by atoms with Gasteiger partial charge < -0.3 is 10.1 Å². The molecule has 0 spiro atoms. The Morgan fingerprint density at radius 2 is 2.20 bits per heavy atom. The average molecular weight is 306 g/mol. The van der Waals surface area contributed by atoms with Crippen molar-refractivity contribution in [3.05, 3.63) is 44.6 Å². The summed E-state index contributed by atoms with van der Waals surface area (Å²) in [7, 11) is 0. The summed E-state index contributed by atoms with van der Waals surface area (Å²) in [5, 5.41) is 3.67. The zero-order valence-electron chi connectivity index (χ0n) is 11.1. The van der Waals surface area contributed by atoms with Crippen molar-refractivity contribution in [2.24, 2.45) is 0 Å². The Morgan fingerprint density at radius 3 is 3.15 bits per heavy atom. The summed E-state index contributed by atoms with van der Waals surface area (Å²) in [6.07, 6.45) is 4.59. The third kappa shape index (κ3) is 2.19. The number of benzene rings is 1.